The largest absolute Gasteiger partial charge is 0.444 e. The molecule has 2 aliphatic heterocycles. The van der Waals surface area contributed by atoms with E-state index in [0.29, 0.717) is 45.2 Å². The van der Waals surface area contributed by atoms with E-state index in [1.165, 1.54) is 18.2 Å². The SMILES string of the molecule is CC(C)(C)OC(=O)N1CCCN(CCN2c3c(F)cccc3N(c3ccc(F)cc3F)S2(O)O)CC1. The molecule has 0 saturated carbocycles. The number of hydrogen-bond acceptors (Lipinski definition) is 7. The fourth-order valence-corrected chi connectivity index (χ4v) is 6.12. The van der Waals surface area contributed by atoms with Gasteiger partial charge < -0.3 is 9.64 Å². The number of fused-ring (bicyclic) bond motifs is 1. The van der Waals surface area contributed by atoms with Gasteiger partial charge in [0.25, 0.3) is 0 Å². The lowest BCUT2D eigenvalue weighted by atomic mass is 10.2. The van der Waals surface area contributed by atoms with Crippen molar-refractivity contribution in [2.45, 2.75) is 32.8 Å². The van der Waals surface area contributed by atoms with Gasteiger partial charge in [0, 0.05) is 32.2 Å². The number of rotatable bonds is 4. The standard InChI is InChI=1S/C24H31F3N4O4S/c1-24(2,3)35-23(32)29-11-5-10-28(12-14-29)13-15-30-22-18(26)6-4-7-21(22)31(36(30,33)34)20-9-8-17(25)16-19(20)27/h4,6-9,16,33-34H,5,10-15H2,1-3H3. The number of benzene rings is 2. The van der Waals surface area contributed by atoms with Crippen molar-refractivity contribution in [2.24, 2.45) is 0 Å². The first kappa shape index (κ1) is 26.4. The number of carbonyl (C=O) groups is 1. The van der Waals surface area contributed by atoms with E-state index in [4.69, 9.17) is 4.74 Å². The lowest BCUT2D eigenvalue weighted by Gasteiger charge is -2.44. The molecular formula is C24H31F3N4O4S. The third-order valence-corrected chi connectivity index (χ3v) is 7.80. The minimum absolute atomic E-state index is 0.0298. The second-order valence-electron chi connectivity index (χ2n) is 9.75. The third-order valence-electron chi connectivity index (χ3n) is 5.96. The molecule has 8 nitrogen and oxygen atoms in total. The average Bonchev–Trinajstić information content (AvgIpc) is 2.90. The minimum Gasteiger partial charge on any atom is -0.444 e. The number of nitrogens with zero attached hydrogens (tertiary/aromatic N) is 4. The van der Waals surface area contributed by atoms with E-state index in [1.807, 2.05) is 25.7 Å². The van der Waals surface area contributed by atoms with Crippen LogP contribution in [0.4, 0.5) is 35.0 Å². The van der Waals surface area contributed by atoms with Crippen LogP contribution in [-0.4, -0.2) is 69.9 Å². The Bertz CT molecular complexity index is 1130. The Morgan fingerprint density at radius 3 is 2.42 bits per heavy atom. The van der Waals surface area contributed by atoms with Crippen LogP contribution in [0.1, 0.15) is 27.2 Å². The van der Waals surface area contributed by atoms with Crippen molar-refractivity contribution in [3.05, 3.63) is 53.8 Å². The van der Waals surface area contributed by atoms with Crippen molar-refractivity contribution in [1.29, 1.82) is 0 Å². The van der Waals surface area contributed by atoms with E-state index in [-0.39, 0.29) is 29.7 Å². The molecule has 0 radical (unpaired) electrons. The first-order valence-corrected chi connectivity index (χ1v) is 13.1. The summed E-state index contributed by atoms with van der Waals surface area (Å²) in [4.78, 5) is 16.1. The van der Waals surface area contributed by atoms with Gasteiger partial charge in [0.1, 0.15) is 28.6 Å². The van der Waals surface area contributed by atoms with Gasteiger partial charge in [-0.15, -0.1) is 0 Å². The third kappa shape index (κ3) is 5.36. The number of amides is 1. The molecule has 12 heteroatoms. The molecular weight excluding hydrogens is 497 g/mol. The summed E-state index contributed by atoms with van der Waals surface area (Å²) in [6.45, 7) is 7.92. The molecule has 2 aliphatic rings. The maximum atomic E-state index is 14.9. The average molecular weight is 529 g/mol. The molecule has 4 rings (SSSR count). The van der Waals surface area contributed by atoms with E-state index in [2.05, 4.69) is 0 Å². The molecule has 0 atom stereocenters. The molecule has 0 spiro atoms. The van der Waals surface area contributed by atoms with Gasteiger partial charge in [0.15, 0.2) is 5.82 Å². The Morgan fingerprint density at radius 2 is 1.72 bits per heavy atom. The molecule has 1 saturated heterocycles. The Labute approximate surface area is 210 Å². The Balaban J connectivity index is 1.51. The normalized spacial score (nSPS) is 19.2. The van der Waals surface area contributed by atoms with Crippen LogP contribution >= 0.6 is 11.0 Å². The number of para-hydroxylation sites is 1. The molecule has 2 N–H and O–H groups in total. The van der Waals surface area contributed by atoms with E-state index in [9.17, 15) is 27.1 Å². The summed E-state index contributed by atoms with van der Waals surface area (Å²) in [5, 5.41) is 0. The highest BCUT2D eigenvalue weighted by molar-refractivity contribution is 8.27. The monoisotopic (exact) mass is 528 g/mol. The predicted molar refractivity (Wildman–Crippen MR) is 134 cm³/mol. The van der Waals surface area contributed by atoms with Crippen LogP contribution in [0.25, 0.3) is 0 Å². The Morgan fingerprint density at radius 1 is 0.972 bits per heavy atom. The van der Waals surface area contributed by atoms with E-state index in [0.717, 1.165) is 20.7 Å². The molecule has 2 aromatic rings. The second-order valence-corrected chi connectivity index (χ2v) is 11.5. The number of anilines is 3. The number of carbonyl (C=O) groups excluding carboxylic acids is 1. The van der Waals surface area contributed by atoms with Gasteiger partial charge >= 0.3 is 6.09 Å². The summed E-state index contributed by atoms with van der Waals surface area (Å²) < 4.78 is 73.0. The molecule has 36 heavy (non-hydrogen) atoms. The lowest BCUT2D eigenvalue weighted by Crippen LogP contribution is -2.41. The highest BCUT2D eigenvalue weighted by atomic mass is 32.3. The zero-order valence-corrected chi connectivity index (χ0v) is 21.3. The van der Waals surface area contributed by atoms with Crippen LogP contribution in [-0.2, 0) is 4.74 Å². The van der Waals surface area contributed by atoms with Crippen molar-refractivity contribution < 1.29 is 31.8 Å². The number of ether oxygens (including phenoxy) is 1. The van der Waals surface area contributed by atoms with Crippen molar-refractivity contribution in [1.82, 2.24) is 9.80 Å². The quantitative estimate of drug-likeness (QED) is 0.536. The van der Waals surface area contributed by atoms with E-state index in [1.54, 1.807) is 4.90 Å². The molecule has 2 aromatic carbocycles. The second kappa shape index (κ2) is 10.0. The van der Waals surface area contributed by atoms with Crippen LogP contribution in [0.5, 0.6) is 0 Å². The van der Waals surface area contributed by atoms with Crippen LogP contribution in [0.2, 0.25) is 0 Å². The topological polar surface area (TPSA) is 79.7 Å². The Kier molecular flexibility index (Phi) is 7.33. The fourth-order valence-electron chi connectivity index (χ4n) is 4.35. The van der Waals surface area contributed by atoms with Crippen molar-refractivity contribution >= 4 is 34.1 Å². The van der Waals surface area contributed by atoms with Gasteiger partial charge in [-0.3, -0.25) is 14.0 Å². The highest BCUT2D eigenvalue weighted by Crippen LogP contribution is 2.64. The molecule has 0 bridgehead atoms. The molecule has 198 valence electrons. The highest BCUT2D eigenvalue weighted by Gasteiger charge is 2.44. The summed E-state index contributed by atoms with van der Waals surface area (Å²) in [6, 6.07) is 6.78. The zero-order chi connectivity index (χ0) is 26.3. The first-order valence-electron chi connectivity index (χ1n) is 11.7. The molecule has 2 heterocycles. The maximum Gasteiger partial charge on any atom is 0.410 e. The molecule has 1 amide bonds. The molecule has 0 unspecified atom stereocenters. The fraction of sp³-hybridized carbons (Fsp3) is 0.458. The van der Waals surface area contributed by atoms with E-state index >= 15 is 0 Å². The zero-order valence-electron chi connectivity index (χ0n) is 20.5. The van der Waals surface area contributed by atoms with Crippen LogP contribution < -0.4 is 8.61 Å². The van der Waals surface area contributed by atoms with Crippen LogP contribution in [0.3, 0.4) is 0 Å². The molecule has 1 fully saturated rings. The predicted octanol–water partition coefficient (Wildman–Crippen LogP) is 5.59. The maximum absolute atomic E-state index is 14.9. The van der Waals surface area contributed by atoms with Gasteiger partial charge in [-0.2, -0.15) is 0 Å². The summed E-state index contributed by atoms with van der Waals surface area (Å²) in [5.41, 5.74) is -0.854. The van der Waals surface area contributed by atoms with E-state index < -0.39 is 34.0 Å². The van der Waals surface area contributed by atoms with Gasteiger partial charge in [0.05, 0.1) is 12.2 Å². The van der Waals surface area contributed by atoms with Crippen LogP contribution in [0.15, 0.2) is 36.4 Å². The summed E-state index contributed by atoms with van der Waals surface area (Å²) >= 11 is 0. The van der Waals surface area contributed by atoms with Gasteiger partial charge in [-0.25, -0.2) is 26.6 Å². The van der Waals surface area contributed by atoms with Crippen molar-refractivity contribution in [2.75, 3.05) is 47.9 Å². The summed E-state index contributed by atoms with van der Waals surface area (Å²) in [5.74, 6) is -2.50. The number of halogens is 3. The van der Waals surface area contributed by atoms with Crippen molar-refractivity contribution in [3.8, 4) is 0 Å². The van der Waals surface area contributed by atoms with Gasteiger partial charge in [0.2, 0.25) is 0 Å². The minimum atomic E-state index is -3.90. The molecule has 0 aliphatic carbocycles. The first-order chi connectivity index (χ1) is 16.9. The van der Waals surface area contributed by atoms with Crippen molar-refractivity contribution in [3.63, 3.8) is 0 Å². The summed E-state index contributed by atoms with van der Waals surface area (Å²) in [7, 11) is -3.90. The lowest BCUT2D eigenvalue weighted by molar-refractivity contribution is 0.0258. The Hall–Kier alpha value is -2.67. The number of hydrogen-bond donors (Lipinski definition) is 2. The van der Waals surface area contributed by atoms with Gasteiger partial charge in [-0.1, -0.05) is 6.07 Å². The summed E-state index contributed by atoms with van der Waals surface area (Å²) in [6.07, 6.45) is 0.305. The smallest absolute Gasteiger partial charge is 0.410 e. The molecule has 0 aromatic heterocycles. The van der Waals surface area contributed by atoms with Crippen LogP contribution in [0, 0.1) is 17.5 Å². The van der Waals surface area contributed by atoms with Gasteiger partial charge in [-0.05, 0) is 69.0 Å².